The first-order chi connectivity index (χ1) is 11.8. The summed E-state index contributed by atoms with van der Waals surface area (Å²) in [5.41, 5.74) is 1.43. The topological polar surface area (TPSA) is 27.7 Å². The molecular weight excluding hydrogens is 298 g/mol. The molecular formula is C20H33N3O. The maximum Gasteiger partial charge on any atom is 0.0594 e. The summed E-state index contributed by atoms with van der Waals surface area (Å²) in [7, 11) is 0. The Kier molecular flexibility index (Phi) is 7.09. The number of nitrogens with zero attached hydrogens (tertiary/aromatic N) is 2. The molecule has 0 aromatic heterocycles. The van der Waals surface area contributed by atoms with E-state index in [1.165, 1.54) is 38.0 Å². The van der Waals surface area contributed by atoms with Crippen LogP contribution >= 0.6 is 0 Å². The molecule has 0 amide bonds. The summed E-state index contributed by atoms with van der Waals surface area (Å²) in [6.45, 7) is 12.1. The van der Waals surface area contributed by atoms with Gasteiger partial charge in [0, 0.05) is 38.8 Å². The molecule has 0 spiro atoms. The van der Waals surface area contributed by atoms with Crippen LogP contribution in [0.5, 0.6) is 0 Å². The van der Waals surface area contributed by atoms with Crippen molar-refractivity contribution in [3.05, 3.63) is 35.9 Å². The summed E-state index contributed by atoms with van der Waals surface area (Å²) >= 11 is 0. The summed E-state index contributed by atoms with van der Waals surface area (Å²) in [5.74, 6) is 0.835. The Hall–Kier alpha value is -0.940. The lowest BCUT2D eigenvalue weighted by atomic mass is 9.96. The smallest absolute Gasteiger partial charge is 0.0594 e. The fourth-order valence-electron chi connectivity index (χ4n) is 3.89. The summed E-state index contributed by atoms with van der Waals surface area (Å²) in [4.78, 5) is 5.27. The van der Waals surface area contributed by atoms with Crippen molar-refractivity contribution < 1.29 is 4.74 Å². The number of benzene rings is 1. The van der Waals surface area contributed by atoms with Crippen molar-refractivity contribution in [2.75, 3.05) is 52.5 Å². The quantitative estimate of drug-likeness (QED) is 0.829. The number of piperidine rings is 1. The average Bonchev–Trinajstić information content (AvgIpc) is 2.64. The second-order valence-electron chi connectivity index (χ2n) is 7.37. The molecule has 1 aromatic rings. The third kappa shape index (κ3) is 5.55. The number of hydrogen-bond acceptors (Lipinski definition) is 4. The van der Waals surface area contributed by atoms with E-state index in [0.717, 1.165) is 45.3 Å². The number of rotatable bonds is 7. The molecule has 3 rings (SSSR count). The van der Waals surface area contributed by atoms with E-state index in [9.17, 15) is 0 Å². The van der Waals surface area contributed by atoms with Gasteiger partial charge in [0.2, 0.25) is 0 Å². The van der Waals surface area contributed by atoms with Crippen LogP contribution in [-0.4, -0.2) is 68.3 Å². The predicted octanol–water partition coefficient (Wildman–Crippen LogP) is 2.21. The Bertz CT molecular complexity index is 455. The Balaban J connectivity index is 1.60. The highest BCUT2D eigenvalue weighted by Gasteiger charge is 2.23. The summed E-state index contributed by atoms with van der Waals surface area (Å²) < 4.78 is 5.50. The van der Waals surface area contributed by atoms with E-state index in [1.807, 2.05) is 0 Å². The largest absolute Gasteiger partial charge is 0.379 e. The Morgan fingerprint density at radius 3 is 2.58 bits per heavy atom. The van der Waals surface area contributed by atoms with Gasteiger partial charge in [-0.25, -0.2) is 0 Å². The average molecular weight is 332 g/mol. The molecule has 0 aliphatic carbocycles. The molecule has 0 unspecified atom stereocenters. The molecule has 2 fully saturated rings. The lowest BCUT2D eigenvalue weighted by Gasteiger charge is -2.37. The maximum absolute atomic E-state index is 5.50. The van der Waals surface area contributed by atoms with Crippen LogP contribution < -0.4 is 5.32 Å². The van der Waals surface area contributed by atoms with E-state index < -0.39 is 0 Å². The zero-order valence-corrected chi connectivity index (χ0v) is 15.1. The van der Waals surface area contributed by atoms with E-state index >= 15 is 0 Å². The number of nitrogens with one attached hydrogen (secondary N) is 1. The third-order valence-corrected chi connectivity index (χ3v) is 5.43. The molecule has 24 heavy (non-hydrogen) atoms. The second kappa shape index (κ2) is 9.52. The summed E-state index contributed by atoms with van der Waals surface area (Å²) in [5, 5.41) is 3.49. The third-order valence-electron chi connectivity index (χ3n) is 5.43. The van der Waals surface area contributed by atoms with Gasteiger partial charge in [0.15, 0.2) is 0 Å². The molecule has 2 aliphatic rings. The molecule has 2 saturated heterocycles. The van der Waals surface area contributed by atoms with Crippen molar-refractivity contribution in [3.8, 4) is 0 Å². The van der Waals surface area contributed by atoms with Crippen molar-refractivity contribution in [1.29, 1.82) is 0 Å². The minimum atomic E-state index is 0.582. The highest BCUT2D eigenvalue weighted by Crippen LogP contribution is 2.18. The monoisotopic (exact) mass is 331 g/mol. The Morgan fingerprint density at radius 2 is 1.88 bits per heavy atom. The van der Waals surface area contributed by atoms with Gasteiger partial charge in [-0.15, -0.1) is 0 Å². The second-order valence-corrected chi connectivity index (χ2v) is 7.37. The highest BCUT2D eigenvalue weighted by molar-refractivity contribution is 5.14. The van der Waals surface area contributed by atoms with Crippen LogP contribution in [0.3, 0.4) is 0 Å². The van der Waals surface area contributed by atoms with Crippen LogP contribution in [0.15, 0.2) is 30.3 Å². The molecule has 2 aliphatic heterocycles. The van der Waals surface area contributed by atoms with Gasteiger partial charge in [0.25, 0.3) is 0 Å². The number of hydrogen-bond donors (Lipinski definition) is 1. The van der Waals surface area contributed by atoms with Crippen LogP contribution in [0.25, 0.3) is 0 Å². The van der Waals surface area contributed by atoms with E-state index in [4.69, 9.17) is 4.74 Å². The standard InChI is InChI=1S/C20H33N3O/c1-18(15-22-11-13-24-14-12-22)23(16-19-5-3-2-4-6-19)17-20-7-9-21-10-8-20/h2-6,18,20-21H,7-17H2,1H3/t18-/m1/s1. The molecule has 1 atom stereocenters. The summed E-state index contributed by atoms with van der Waals surface area (Å²) in [6, 6.07) is 11.5. The van der Waals surface area contributed by atoms with Crippen LogP contribution in [-0.2, 0) is 11.3 Å². The first-order valence-electron chi connectivity index (χ1n) is 9.60. The molecule has 1 aromatic carbocycles. The zero-order chi connectivity index (χ0) is 16.6. The van der Waals surface area contributed by atoms with Crippen molar-refractivity contribution in [2.24, 2.45) is 5.92 Å². The van der Waals surface area contributed by atoms with Gasteiger partial charge in [-0.05, 0) is 44.3 Å². The van der Waals surface area contributed by atoms with Crippen LogP contribution in [0.2, 0.25) is 0 Å². The van der Waals surface area contributed by atoms with Crippen molar-refractivity contribution >= 4 is 0 Å². The van der Waals surface area contributed by atoms with Gasteiger partial charge >= 0.3 is 0 Å². The van der Waals surface area contributed by atoms with Gasteiger partial charge in [0.1, 0.15) is 0 Å². The van der Waals surface area contributed by atoms with Gasteiger partial charge in [-0.1, -0.05) is 30.3 Å². The van der Waals surface area contributed by atoms with E-state index in [-0.39, 0.29) is 0 Å². The van der Waals surface area contributed by atoms with E-state index in [0.29, 0.717) is 6.04 Å². The van der Waals surface area contributed by atoms with Gasteiger partial charge < -0.3 is 10.1 Å². The lowest BCUT2D eigenvalue weighted by molar-refractivity contribution is 0.0211. The van der Waals surface area contributed by atoms with E-state index in [1.54, 1.807) is 0 Å². The normalized spacial score (nSPS) is 21.9. The molecule has 1 N–H and O–H groups in total. The molecule has 0 bridgehead atoms. The van der Waals surface area contributed by atoms with Gasteiger partial charge in [0.05, 0.1) is 13.2 Å². The van der Waals surface area contributed by atoms with Crippen LogP contribution in [0, 0.1) is 5.92 Å². The fraction of sp³-hybridized carbons (Fsp3) is 0.700. The lowest BCUT2D eigenvalue weighted by Crippen LogP contribution is -2.47. The van der Waals surface area contributed by atoms with Gasteiger partial charge in [-0.3, -0.25) is 9.80 Å². The fourth-order valence-corrected chi connectivity index (χ4v) is 3.89. The SMILES string of the molecule is C[C@H](CN1CCOCC1)N(Cc1ccccc1)CC1CCNCC1. The molecule has 2 heterocycles. The molecule has 134 valence electrons. The Labute approximate surface area is 147 Å². The van der Waals surface area contributed by atoms with Crippen LogP contribution in [0.4, 0.5) is 0 Å². The molecule has 4 nitrogen and oxygen atoms in total. The van der Waals surface area contributed by atoms with Crippen molar-refractivity contribution in [2.45, 2.75) is 32.4 Å². The zero-order valence-electron chi connectivity index (χ0n) is 15.1. The number of morpholine rings is 1. The highest BCUT2D eigenvalue weighted by atomic mass is 16.5. The maximum atomic E-state index is 5.50. The predicted molar refractivity (Wildman–Crippen MR) is 99.2 cm³/mol. The molecule has 0 saturated carbocycles. The van der Waals surface area contributed by atoms with Crippen LogP contribution in [0.1, 0.15) is 25.3 Å². The first kappa shape index (κ1) is 17.9. The van der Waals surface area contributed by atoms with E-state index in [2.05, 4.69) is 52.4 Å². The number of ether oxygens (including phenoxy) is 1. The molecule has 0 radical (unpaired) electrons. The van der Waals surface area contributed by atoms with Crippen molar-refractivity contribution in [3.63, 3.8) is 0 Å². The molecule has 4 heteroatoms. The minimum Gasteiger partial charge on any atom is -0.379 e. The van der Waals surface area contributed by atoms with Gasteiger partial charge in [-0.2, -0.15) is 0 Å². The first-order valence-corrected chi connectivity index (χ1v) is 9.60. The summed E-state index contributed by atoms with van der Waals surface area (Å²) in [6.07, 6.45) is 2.63. The minimum absolute atomic E-state index is 0.582. The Morgan fingerprint density at radius 1 is 1.17 bits per heavy atom. The van der Waals surface area contributed by atoms with Crippen molar-refractivity contribution in [1.82, 2.24) is 15.1 Å².